The number of halogens is 1. The number of carbonyl (C=O) groups is 1. The number of hydrogen-bond donors (Lipinski definition) is 0. The molecule has 1 aliphatic carbocycles. The van der Waals surface area contributed by atoms with Crippen LogP contribution < -0.4 is 4.74 Å². The predicted molar refractivity (Wildman–Crippen MR) is 86.6 cm³/mol. The van der Waals surface area contributed by atoms with Crippen LogP contribution in [-0.2, 0) is 11.3 Å². The van der Waals surface area contributed by atoms with Crippen LogP contribution in [0, 0.1) is 12.7 Å². The first-order valence-corrected chi connectivity index (χ1v) is 7.85. The predicted octanol–water partition coefficient (Wildman–Crippen LogP) is 3.70. The highest BCUT2D eigenvalue weighted by atomic mass is 19.1. The van der Waals surface area contributed by atoms with Crippen LogP contribution in [-0.4, -0.2) is 23.5 Å². The van der Waals surface area contributed by atoms with Gasteiger partial charge in [0, 0.05) is 12.6 Å². The summed E-state index contributed by atoms with van der Waals surface area (Å²) < 4.78 is 18.9. The molecule has 1 aliphatic rings. The Bertz CT molecular complexity index is 697. The molecule has 2 aromatic rings. The Morgan fingerprint density at radius 2 is 2.00 bits per heavy atom. The Morgan fingerprint density at radius 3 is 2.70 bits per heavy atom. The van der Waals surface area contributed by atoms with E-state index in [4.69, 9.17) is 4.74 Å². The third kappa shape index (κ3) is 4.31. The molecule has 0 aliphatic heterocycles. The van der Waals surface area contributed by atoms with E-state index in [1.165, 1.54) is 12.1 Å². The lowest BCUT2D eigenvalue weighted by molar-refractivity contribution is -0.134. The number of amides is 1. The molecule has 0 heterocycles. The monoisotopic (exact) mass is 313 g/mol. The number of carbonyl (C=O) groups excluding carboxylic acids is 1. The molecule has 1 fully saturated rings. The van der Waals surface area contributed by atoms with Gasteiger partial charge in [0.1, 0.15) is 11.6 Å². The quantitative estimate of drug-likeness (QED) is 0.814. The van der Waals surface area contributed by atoms with Gasteiger partial charge in [0.2, 0.25) is 0 Å². The smallest absolute Gasteiger partial charge is 0.261 e. The van der Waals surface area contributed by atoms with Gasteiger partial charge in [0.25, 0.3) is 5.91 Å². The second kappa shape index (κ2) is 6.82. The summed E-state index contributed by atoms with van der Waals surface area (Å²) in [5, 5.41) is 0. The summed E-state index contributed by atoms with van der Waals surface area (Å²) in [4.78, 5) is 14.3. The third-order valence-corrected chi connectivity index (χ3v) is 3.90. The number of nitrogens with zero attached hydrogens (tertiary/aromatic N) is 1. The Kier molecular flexibility index (Phi) is 4.60. The average molecular weight is 313 g/mol. The summed E-state index contributed by atoms with van der Waals surface area (Å²) in [6.45, 7) is 2.42. The Morgan fingerprint density at radius 1 is 1.22 bits per heavy atom. The van der Waals surface area contributed by atoms with E-state index in [0.717, 1.165) is 24.0 Å². The maximum atomic E-state index is 13.3. The van der Waals surface area contributed by atoms with Crippen molar-refractivity contribution >= 4 is 5.91 Å². The first-order chi connectivity index (χ1) is 11.1. The number of rotatable bonds is 6. The van der Waals surface area contributed by atoms with E-state index in [9.17, 15) is 9.18 Å². The molecule has 0 radical (unpaired) electrons. The maximum Gasteiger partial charge on any atom is 0.261 e. The van der Waals surface area contributed by atoms with Crippen molar-refractivity contribution in [2.24, 2.45) is 0 Å². The Balaban J connectivity index is 1.63. The van der Waals surface area contributed by atoms with Crippen molar-refractivity contribution in [2.75, 3.05) is 6.61 Å². The first kappa shape index (κ1) is 15.5. The van der Waals surface area contributed by atoms with E-state index in [-0.39, 0.29) is 24.4 Å². The summed E-state index contributed by atoms with van der Waals surface area (Å²) in [6.07, 6.45) is 2.01. The molecular formula is C19H20FNO2. The second-order valence-corrected chi connectivity index (χ2v) is 5.99. The highest BCUT2D eigenvalue weighted by molar-refractivity contribution is 5.78. The van der Waals surface area contributed by atoms with Crippen molar-refractivity contribution < 1.29 is 13.9 Å². The minimum Gasteiger partial charge on any atom is -0.484 e. The highest BCUT2D eigenvalue weighted by Gasteiger charge is 2.32. The van der Waals surface area contributed by atoms with Crippen molar-refractivity contribution in [3.8, 4) is 5.75 Å². The van der Waals surface area contributed by atoms with Crippen molar-refractivity contribution in [3.63, 3.8) is 0 Å². The van der Waals surface area contributed by atoms with Crippen LogP contribution in [0.4, 0.5) is 4.39 Å². The molecule has 4 heteroatoms. The van der Waals surface area contributed by atoms with Crippen LogP contribution >= 0.6 is 0 Å². The van der Waals surface area contributed by atoms with Gasteiger partial charge in [-0.1, -0.05) is 24.3 Å². The summed E-state index contributed by atoms with van der Waals surface area (Å²) in [5.74, 6) is 0.361. The van der Waals surface area contributed by atoms with E-state index in [1.807, 2.05) is 37.3 Å². The van der Waals surface area contributed by atoms with Crippen molar-refractivity contribution in [3.05, 3.63) is 65.5 Å². The molecule has 23 heavy (non-hydrogen) atoms. The molecule has 0 N–H and O–H groups in total. The molecule has 0 atom stereocenters. The fourth-order valence-corrected chi connectivity index (χ4v) is 2.57. The molecule has 3 nitrogen and oxygen atoms in total. The molecule has 2 aromatic carbocycles. The number of benzene rings is 2. The van der Waals surface area contributed by atoms with Crippen LogP contribution in [0.25, 0.3) is 0 Å². The van der Waals surface area contributed by atoms with Gasteiger partial charge in [-0.25, -0.2) is 4.39 Å². The molecule has 0 saturated heterocycles. The Labute approximate surface area is 135 Å². The fourth-order valence-electron chi connectivity index (χ4n) is 2.57. The lowest BCUT2D eigenvalue weighted by atomic mass is 10.2. The molecule has 0 spiro atoms. The molecule has 0 unspecified atom stereocenters. The lowest BCUT2D eigenvalue weighted by Crippen LogP contribution is -2.36. The molecule has 0 aromatic heterocycles. The maximum absolute atomic E-state index is 13.3. The average Bonchev–Trinajstić information content (AvgIpc) is 3.35. The fraction of sp³-hybridized carbons (Fsp3) is 0.316. The SMILES string of the molecule is Cc1cccc(OCC(=O)N(Cc2cccc(F)c2)C2CC2)c1. The van der Waals surface area contributed by atoms with Gasteiger partial charge in [-0.05, 0) is 55.2 Å². The van der Waals surface area contributed by atoms with Crippen LogP contribution in [0.1, 0.15) is 24.0 Å². The molecule has 1 saturated carbocycles. The summed E-state index contributed by atoms with van der Waals surface area (Å²) in [6, 6.07) is 14.3. The first-order valence-electron chi connectivity index (χ1n) is 7.85. The van der Waals surface area contributed by atoms with E-state index >= 15 is 0 Å². The Hall–Kier alpha value is -2.36. The summed E-state index contributed by atoms with van der Waals surface area (Å²) in [7, 11) is 0. The number of hydrogen-bond acceptors (Lipinski definition) is 2. The van der Waals surface area contributed by atoms with Gasteiger partial charge in [0.05, 0.1) is 0 Å². The zero-order valence-electron chi connectivity index (χ0n) is 13.2. The zero-order valence-corrected chi connectivity index (χ0v) is 13.2. The van der Waals surface area contributed by atoms with E-state index < -0.39 is 0 Å². The van der Waals surface area contributed by atoms with Crippen molar-refractivity contribution in [1.29, 1.82) is 0 Å². The molecule has 3 rings (SSSR count). The van der Waals surface area contributed by atoms with Gasteiger partial charge in [0.15, 0.2) is 6.61 Å². The van der Waals surface area contributed by atoms with Gasteiger partial charge in [-0.3, -0.25) is 4.79 Å². The van der Waals surface area contributed by atoms with Gasteiger partial charge in [-0.15, -0.1) is 0 Å². The topological polar surface area (TPSA) is 29.5 Å². The highest BCUT2D eigenvalue weighted by Crippen LogP contribution is 2.28. The molecule has 0 bridgehead atoms. The second-order valence-electron chi connectivity index (χ2n) is 5.99. The lowest BCUT2D eigenvalue weighted by Gasteiger charge is -2.22. The molecule has 120 valence electrons. The standard InChI is InChI=1S/C19H20FNO2/c1-14-4-2-7-18(10-14)23-13-19(22)21(17-8-9-17)12-15-5-3-6-16(20)11-15/h2-7,10-11,17H,8-9,12-13H2,1H3. The van der Waals surface area contributed by atoms with E-state index in [0.29, 0.717) is 12.3 Å². The van der Waals surface area contributed by atoms with Crippen molar-refractivity contribution in [2.45, 2.75) is 32.4 Å². The van der Waals surface area contributed by atoms with Crippen LogP contribution in [0.3, 0.4) is 0 Å². The minimum absolute atomic E-state index is 0.00920. The van der Waals surface area contributed by atoms with Crippen LogP contribution in [0.5, 0.6) is 5.75 Å². The minimum atomic E-state index is -0.276. The van der Waals surface area contributed by atoms with Crippen LogP contribution in [0.15, 0.2) is 48.5 Å². The number of ether oxygens (including phenoxy) is 1. The molecule has 1 amide bonds. The molecular weight excluding hydrogens is 293 g/mol. The summed E-state index contributed by atoms with van der Waals surface area (Å²) >= 11 is 0. The number of aryl methyl sites for hydroxylation is 1. The van der Waals surface area contributed by atoms with Crippen LogP contribution in [0.2, 0.25) is 0 Å². The van der Waals surface area contributed by atoms with E-state index in [1.54, 1.807) is 11.0 Å². The van der Waals surface area contributed by atoms with Crippen molar-refractivity contribution in [1.82, 2.24) is 4.90 Å². The van der Waals surface area contributed by atoms with Gasteiger partial charge < -0.3 is 9.64 Å². The largest absolute Gasteiger partial charge is 0.484 e. The van der Waals surface area contributed by atoms with Gasteiger partial charge >= 0.3 is 0 Å². The zero-order chi connectivity index (χ0) is 16.2. The normalized spacial score (nSPS) is 13.7. The van der Waals surface area contributed by atoms with Gasteiger partial charge in [-0.2, -0.15) is 0 Å². The van der Waals surface area contributed by atoms with E-state index in [2.05, 4.69) is 0 Å². The summed E-state index contributed by atoms with van der Waals surface area (Å²) in [5.41, 5.74) is 1.90. The third-order valence-electron chi connectivity index (χ3n) is 3.90.